The van der Waals surface area contributed by atoms with Crippen LogP contribution in [0.15, 0.2) is 47.3 Å². The molecule has 0 radical (unpaired) electrons. The van der Waals surface area contributed by atoms with Crippen LogP contribution in [-0.2, 0) is 19.4 Å². The van der Waals surface area contributed by atoms with Gasteiger partial charge in [0.2, 0.25) is 0 Å². The number of rotatable bonds is 5. The van der Waals surface area contributed by atoms with Gasteiger partial charge in [-0.15, -0.1) is 5.10 Å². The number of amides is 1. The quantitative estimate of drug-likeness (QED) is 0.608. The van der Waals surface area contributed by atoms with Crippen LogP contribution in [0.2, 0.25) is 0 Å². The normalized spacial score (nSPS) is 15.4. The molecule has 0 bridgehead atoms. The Morgan fingerprint density at radius 3 is 2.69 bits per heavy atom. The Labute approximate surface area is 184 Å². The van der Waals surface area contributed by atoms with Crippen LogP contribution in [-0.4, -0.2) is 57.0 Å². The van der Waals surface area contributed by atoms with Crippen molar-refractivity contribution in [3.05, 3.63) is 81.2 Å². The molecule has 0 saturated carbocycles. The summed E-state index contributed by atoms with van der Waals surface area (Å²) in [5.74, 6) is 0.260. The van der Waals surface area contributed by atoms with Gasteiger partial charge in [-0.3, -0.25) is 9.59 Å². The molecule has 1 fully saturated rings. The van der Waals surface area contributed by atoms with E-state index in [2.05, 4.69) is 26.3 Å². The maximum Gasteiger partial charge on any atom is 0.274 e. The van der Waals surface area contributed by atoms with E-state index < -0.39 is 0 Å². The molecule has 5 rings (SSSR count). The second-order valence-corrected chi connectivity index (χ2v) is 8.34. The Balaban J connectivity index is 1.25. The van der Waals surface area contributed by atoms with E-state index in [0.29, 0.717) is 13.1 Å². The molecule has 9 heteroatoms. The van der Waals surface area contributed by atoms with E-state index in [1.54, 1.807) is 24.1 Å². The highest BCUT2D eigenvalue weighted by atomic mass is 19.1. The number of carbonyl (C=O) groups is 1. The molecular formula is C23H23FN6O2. The third-order valence-electron chi connectivity index (χ3n) is 6.19. The first-order valence-electron chi connectivity index (χ1n) is 10.7. The number of aryl methyl sites for hydroxylation is 2. The summed E-state index contributed by atoms with van der Waals surface area (Å²) in [5, 5.41) is 12.9. The van der Waals surface area contributed by atoms with Gasteiger partial charge in [-0.25, -0.2) is 9.07 Å². The van der Waals surface area contributed by atoms with Crippen molar-refractivity contribution in [3.63, 3.8) is 0 Å². The number of benzene rings is 1. The van der Waals surface area contributed by atoms with E-state index in [1.165, 1.54) is 34.5 Å². The van der Waals surface area contributed by atoms with E-state index in [0.717, 1.165) is 36.3 Å². The molecule has 32 heavy (non-hydrogen) atoms. The molecule has 1 amide bonds. The Morgan fingerprint density at radius 2 is 1.91 bits per heavy atom. The molecular weight excluding hydrogens is 411 g/mol. The maximum absolute atomic E-state index is 13.1. The number of nitrogens with zero attached hydrogens (tertiary/aromatic N) is 6. The van der Waals surface area contributed by atoms with Crippen LogP contribution in [0.1, 0.15) is 33.7 Å². The summed E-state index contributed by atoms with van der Waals surface area (Å²) in [6.07, 6.45) is 3.18. The lowest BCUT2D eigenvalue weighted by molar-refractivity contribution is 0.0696. The molecule has 0 unspecified atom stereocenters. The average molecular weight is 434 g/mol. The minimum Gasteiger partial charge on any atom is -0.351 e. The second kappa shape index (κ2) is 8.14. The van der Waals surface area contributed by atoms with Gasteiger partial charge in [-0.05, 0) is 54.7 Å². The van der Waals surface area contributed by atoms with Crippen molar-refractivity contribution in [1.82, 2.24) is 24.9 Å². The molecule has 3 heterocycles. The second-order valence-electron chi connectivity index (χ2n) is 8.34. The summed E-state index contributed by atoms with van der Waals surface area (Å²) < 4.78 is 14.4. The van der Waals surface area contributed by atoms with Crippen LogP contribution < -0.4 is 10.5 Å². The van der Waals surface area contributed by atoms with Crippen LogP contribution in [0.25, 0.3) is 0 Å². The van der Waals surface area contributed by atoms with Gasteiger partial charge in [0.05, 0.1) is 18.3 Å². The predicted molar refractivity (Wildman–Crippen MR) is 116 cm³/mol. The lowest BCUT2D eigenvalue weighted by Crippen LogP contribution is -2.60. The highest BCUT2D eigenvalue weighted by Gasteiger charge is 2.34. The minimum absolute atomic E-state index is 0.0248. The molecule has 8 nitrogen and oxygen atoms in total. The van der Waals surface area contributed by atoms with Gasteiger partial charge >= 0.3 is 0 Å². The zero-order valence-corrected chi connectivity index (χ0v) is 17.7. The Morgan fingerprint density at radius 1 is 1.12 bits per heavy atom. The molecule has 0 spiro atoms. The van der Waals surface area contributed by atoms with Crippen molar-refractivity contribution in [2.24, 2.45) is 0 Å². The fourth-order valence-corrected chi connectivity index (χ4v) is 4.14. The zero-order valence-electron chi connectivity index (χ0n) is 17.7. The van der Waals surface area contributed by atoms with Gasteiger partial charge in [0, 0.05) is 26.2 Å². The number of hydrogen-bond donors (Lipinski definition) is 0. The number of halogens is 1. The standard InChI is InChI=1S/C23H23FN6O2/c1-28(18-13-29(14-18)21-11-16-3-2-4-19(16)25-26-21)23(32)20-9-10-22(31)30(27-20)12-15-5-7-17(24)8-6-15/h5-11,18H,2-4,12-14H2,1H3. The van der Waals surface area contributed by atoms with E-state index in [9.17, 15) is 14.0 Å². The van der Waals surface area contributed by atoms with Gasteiger partial charge in [0.15, 0.2) is 5.82 Å². The van der Waals surface area contributed by atoms with Crippen molar-refractivity contribution in [2.75, 3.05) is 25.0 Å². The zero-order chi connectivity index (χ0) is 22.2. The van der Waals surface area contributed by atoms with E-state index >= 15 is 0 Å². The fraction of sp³-hybridized carbons (Fsp3) is 0.348. The third-order valence-corrected chi connectivity index (χ3v) is 6.19. The number of fused-ring (bicyclic) bond motifs is 1. The lowest BCUT2D eigenvalue weighted by Gasteiger charge is -2.44. The number of carbonyl (C=O) groups excluding carboxylic acids is 1. The summed E-state index contributed by atoms with van der Waals surface area (Å²) in [7, 11) is 1.75. The summed E-state index contributed by atoms with van der Waals surface area (Å²) in [6.45, 7) is 1.51. The SMILES string of the molecule is CN(C(=O)c1ccc(=O)n(Cc2ccc(F)cc2)n1)C1CN(c2cc3c(nn2)CCC3)C1. The first-order valence-corrected chi connectivity index (χ1v) is 10.7. The van der Waals surface area contributed by atoms with Crippen LogP contribution in [0.3, 0.4) is 0 Å². The number of hydrogen-bond acceptors (Lipinski definition) is 6. The number of anilines is 1. The van der Waals surface area contributed by atoms with Gasteiger partial charge in [0.25, 0.3) is 11.5 Å². The van der Waals surface area contributed by atoms with Gasteiger partial charge in [-0.1, -0.05) is 12.1 Å². The highest BCUT2D eigenvalue weighted by Crippen LogP contribution is 2.26. The van der Waals surface area contributed by atoms with Crippen molar-refractivity contribution in [1.29, 1.82) is 0 Å². The molecule has 3 aromatic rings. The lowest BCUT2D eigenvalue weighted by atomic mass is 10.1. The Hall–Kier alpha value is -3.62. The minimum atomic E-state index is -0.347. The first kappa shape index (κ1) is 20.3. The fourth-order valence-electron chi connectivity index (χ4n) is 4.14. The summed E-state index contributed by atoms with van der Waals surface area (Å²) in [5.41, 5.74) is 2.98. The molecule has 0 N–H and O–H groups in total. The molecule has 1 aliphatic carbocycles. The largest absolute Gasteiger partial charge is 0.351 e. The van der Waals surface area contributed by atoms with E-state index in [1.807, 2.05) is 0 Å². The molecule has 164 valence electrons. The van der Waals surface area contributed by atoms with Gasteiger partial charge in [0.1, 0.15) is 11.5 Å². The molecule has 2 aliphatic rings. The van der Waals surface area contributed by atoms with Crippen molar-refractivity contribution < 1.29 is 9.18 Å². The van der Waals surface area contributed by atoms with Crippen LogP contribution >= 0.6 is 0 Å². The Kier molecular flexibility index (Phi) is 5.16. The maximum atomic E-state index is 13.1. The molecule has 1 saturated heterocycles. The summed E-state index contributed by atoms with van der Waals surface area (Å²) in [4.78, 5) is 29.0. The van der Waals surface area contributed by atoms with Crippen molar-refractivity contribution in [3.8, 4) is 0 Å². The smallest absolute Gasteiger partial charge is 0.274 e. The monoisotopic (exact) mass is 434 g/mol. The molecule has 1 aliphatic heterocycles. The third kappa shape index (κ3) is 3.86. The predicted octanol–water partition coefficient (Wildman–Crippen LogP) is 1.67. The molecule has 1 aromatic carbocycles. The summed E-state index contributed by atoms with van der Waals surface area (Å²) in [6, 6.07) is 10.8. The summed E-state index contributed by atoms with van der Waals surface area (Å²) >= 11 is 0. The Bertz CT molecular complexity index is 1220. The van der Waals surface area contributed by atoms with E-state index in [4.69, 9.17) is 0 Å². The first-order chi connectivity index (χ1) is 15.5. The van der Waals surface area contributed by atoms with Crippen LogP contribution in [0.4, 0.5) is 10.2 Å². The topological polar surface area (TPSA) is 84.2 Å². The van der Waals surface area contributed by atoms with Crippen molar-refractivity contribution >= 4 is 11.7 Å². The average Bonchev–Trinajstić information content (AvgIpc) is 3.23. The molecule has 2 aromatic heterocycles. The van der Waals surface area contributed by atoms with Crippen LogP contribution in [0.5, 0.6) is 0 Å². The van der Waals surface area contributed by atoms with Gasteiger partial charge in [-0.2, -0.15) is 10.2 Å². The van der Waals surface area contributed by atoms with Gasteiger partial charge < -0.3 is 9.80 Å². The van der Waals surface area contributed by atoms with Crippen molar-refractivity contribution in [2.45, 2.75) is 31.8 Å². The van der Waals surface area contributed by atoms with E-state index in [-0.39, 0.29) is 35.6 Å². The molecule has 0 atom stereocenters. The number of likely N-dealkylation sites (N-methyl/N-ethyl adjacent to an activating group) is 1. The van der Waals surface area contributed by atoms with Crippen LogP contribution in [0, 0.1) is 5.82 Å². The number of aromatic nitrogens is 4. The highest BCUT2D eigenvalue weighted by molar-refractivity contribution is 5.92.